The van der Waals surface area contributed by atoms with Gasteiger partial charge in [-0.05, 0) is 62.6 Å². The van der Waals surface area contributed by atoms with E-state index in [0.717, 1.165) is 49.1 Å². The van der Waals surface area contributed by atoms with E-state index in [1.54, 1.807) is 0 Å². The highest BCUT2D eigenvalue weighted by molar-refractivity contribution is 6.12. The molecule has 7 nitrogen and oxygen atoms in total. The van der Waals surface area contributed by atoms with Gasteiger partial charge in [-0.15, -0.1) is 0 Å². The third kappa shape index (κ3) is 4.86. The second-order valence-corrected chi connectivity index (χ2v) is 10.2. The molecule has 4 rings (SSSR count). The number of hydrogen-bond acceptors (Lipinski definition) is 7. The number of nitrogens with zero attached hydrogens (tertiary/aromatic N) is 1. The number of nitrogens with one attached hydrogen (secondary N) is 1. The van der Waals surface area contributed by atoms with Crippen LogP contribution >= 0.6 is 0 Å². The topological polar surface area (TPSA) is 84.9 Å². The molecule has 1 fully saturated rings. The highest BCUT2D eigenvalue weighted by Crippen LogP contribution is 2.46. The maximum Gasteiger partial charge on any atom is 0.337 e. The van der Waals surface area contributed by atoms with Crippen LogP contribution in [0, 0.1) is 11.8 Å². The number of hydrogen-bond donors (Lipinski definition) is 1. The number of carbonyl (C=O) groups is 3. The Hall–Kier alpha value is -3.09. The number of allylic oxidation sites excluding steroid dienone is 3. The molecule has 0 spiro atoms. The van der Waals surface area contributed by atoms with Gasteiger partial charge in [0.15, 0.2) is 5.78 Å². The van der Waals surface area contributed by atoms with Gasteiger partial charge in [0.1, 0.15) is 12.0 Å². The molecule has 7 heteroatoms. The van der Waals surface area contributed by atoms with Crippen LogP contribution in [-0.4, -0.2) is 45.0 Å². The van der Waals surface area contributed by atoms with Crippen LogP contribution in [0.2, 0.25) is 0 Å². The lowest BCUT2D eigenvalue weighted by Gasteiger charge is -2.38. The molecule has 1 aromatic carbocycles. The second-order valence-electron chi connectivity index (χ2n) is 10.2. The van der Waals surface area contributed by atoms with Crippen molar-refractivity contribution in [2.24, 2.45) is 11.8 Å². The molecule has 1 aliphatic heterocycles. The lowest BCUT2D eigenvalue weighted by Crippen LogP contribution is -2.43. The van der Waals surface area contributed by atoms with E-state index in [-0.39, 0.29) is 17.8 Å². The first kappa shape index (κ1) is 25.0. The van der Waals surface area contributed by atoms with Crippen LogP contribution in [0.3, 0.4) is 0 Å². The Morgan fingerprint density at radius 3 is 2.31 bits per heavy atom. The average molecular weight is 481 g/mol. The Bertz CT molecular complexity index is 1060. The number of ketones is 1. The summed E-state index contributed by atoms with van der Waals surface area (Å²) in [6, 6.07) is 7.86. The van der Waals surface area contributed by atoms with Crippen LogP contribution in [0.15, 0.2) is 46.8 Å². The Morgan fingerprint density at radius 1 is 1.06 bits per heavy atom. The summed E-state index contributed by atoms with van der Waals surface area (Å²) < 4.78 is 11.0. The molecule has 35 heavy (non-hydrogen) atoms. The predicted octanol–water partition coefficient (Wildman–Crippen LogP) is 4.24. The van der Waals surface area contributed by atoms with Crippen molar-refractivity contribution < 1.29 is 23.9 Å². The van der Waals surface area contributed by atoms with Crippen molar-refractivity contribution in [1.82, 2.24) is 5.32 Å². The molecule has 1 heterocycles. The SMILES string of the molecule is COC(=O)[C@@H]1C(=O)C2=C(C[C@@H]1C)NC(C)=C(C(=O)OC1CCCCC1)[C@@H]2c1ccc(N(C)C)cc1. The van der Waals surface area contributed by atoms with E-state index in [4.69, 9.17) is 9.47 Å². The summed E-state index contributed by atoms with van der Waals surface area (Å²) in [6.07, 6.45) is 5.41. The van der Waals surface area contributed by atoms with E-state index in [1.165, 1.54) is 7.11 Å². The number of rotatable bonds is 5. The highest BCUT2D eigenvalue weighted by atomic mass is 16.5. The van der Waals surface area contributed by atoms with Crippen LogP contribution in [0.4, 0.5) is 5.69 Å². The summed E-state index contributed by atoms with van der Waals surface area (Å²) in [5.74, 6) is -2.91. The zero-order chi connectivity index (χ0) is 25.3. The number of benzene rings is 1. The van der Waals surface area contributed by atoms with Crippen molar-refractivity contribution in [3.05, 3.63) is 52.4 Å². The summed E-state index contributed by atoms with van der Waals surface area (Å²) in [6.45, 7) is 3.75. The van der Waals surface area contributed by atoms with Crippen LogP contribution in [0.1, 0.15) is 63.9 Å². The number of anilines is 1. The molecule has 0 bridgehead atoms. The average Bonchev–Trinajstić information content (AvgIpc) is 2.83. The van der Waals surface area contributed by atoms with Crippen molar-refractivity contribution in [3.8, 4) is 0 Å². The summed E-state index contributed by atoms with van der Waals surface area (Å²) >= 11 is 0. The maximum atomic E-state index is 13.8. The lowest BCUT2D eigenvalue weighted by molar-refractivity contribution is -0.151. The van der Waals surface area contributed by atoms with Gasteiger partial charge in [-0.25, -0.2) is 4.79 Å². The van der Waals surface area contributed by atoms with E-state index in [1.807, 2.05) is 57.1 Å². The summed E-state index contributed by atoms with van der Waals surface area (Å²) in [4.78, 5) is 42.0. The lowest BCUT2D eigenvalue weighted by atomic mass is 9.69. The van der Waals surface area contributed by atoms with Gasteiger partial charge in [0, 0.05) is 42.7 Å². The number of Topliss-reactive ketones (excluding diaryl/α,β-unsaturated/α-hetero) is 1. The smallest absolute Gasteiger partial charge is 0.337 e. The van der Waals surface area contributed by atoms with Crippen molar-refractivity contribution in [1.29, 1.82) is 0 Å². The fraction of sp³-hybridized carbons (Fsp3) is 0.536. The minimum Gasteiger partial charge on any atom is -0.468 e. The zero-order valence-corrected chi connectivity index (χ0v) is 21.3. The van der Waals surface area contributed by atoms with E-state index in [0.29, 0.717) is 23.3 Å². The molecule has 3 aliphatic rings. The molecule has 3 atom stereocenters. The molecule has 0 saturated heterocycles. The largest absolute Gasteiger partial charge is 0.468 e. The predicted molar refractivity (Wildman–Crippen MR) is 134 cm³/mol. The molecule has 1 aromatic rings. The standard InChI is InChI=1S/C28H36N2O5/c1-16-15-21-25(26(31)22(16)27(32)34-5)24(18-11-13-19(14-12-18)30(3)4)23(17(2)29-21)28(33)35-20-9-7-6-8-10-20/h11-14,16,20,22,24,29H,6-10,15H2,1-5H3/t16-,22-,24-/m0/s1. The van der Waals surface area contributed by atoms with Gasteiger partial charge >= 0.3 is 11.9 Å². The number of esters is 2. The Labute approximate surface area is 207 Å². The van der Waals surface area contributed by atoms with E-state index in [9.17, 15) is 14.4 Å². The van der Waals surface area contributed by atoms with Crippen LogP contribution in [-0.2, 0) is 23.9 Å². The van der Waals surface area contributed by atoms with Gasteiger partial charge in [0.25, 0.3) is 0 Å². The molecule has 0 aromatic heterocycles. The van der Waals surface area contributed by atoms with Crippen molar-refractivity contribution >= 4 is 23.4 Å². The Morgan fingerprint density at radius 2 is 1.71 bits per heavy atom. The summed E-state index contributed by atoms with van der Waals surface area (Å²) in [7, 11) is 5.23. The van der Waals surface area contributed by atoms with Crippen LogP contribution in [0.25, 0.3) is 0 Å². The molecular weight excluding hydrogens is 444 g/mol. The fourth-order valence-electron chi connectivity index (χ4n) is 5.65. The minimum atomic E-state index is -0.891. The normalized spacial score (nSPS) is 25.1. The van der Waals surface area contributed by atoms with Gasteiger partial charge in [-0.3, -0.25) is 9.59 Å². The molecule has 2 aliphatic carbocycles. The molecule has 0 amide bonds. The first-order valence-electron chi connectivity index (χ1n) is 12.5. The second kappa shape index (κ2) is 10.3. The molecule has 0 radical (unpaired) electrons. The van der Waals surface area contributed by atoms with Gasteiger partial charge in [-0.2, -0.15) is 0 Å². The van der Waals surface area contributed by atoms with Crippen LogP contribution < -0.4 is 10.2 Å². The molecule has 1 N–H and O–H groups in total. The minimum absolute atomic E-state index is 0.103. The zero-order valence-electron chi connectivity index (χ0n) is 21.3. The van der Waals surface area contributed by atoms with Crippen LogP contribution in [0.5, 0.6) is 0 Å². The van der Waals surface area contributed by atoms with Gasteiger partial charge in [0.05, 0.1) is 12.7 Å². The number of dihydropyridines is 1. The third-order valence-electron chi connectivity index (χ3n) is 7.53. The number of carbonyl (C=O) groups excluding carboxylic acids is 3. The van der Waals surface area contributed by atoms with Gasteiger partial charge in [-0.1, -0.05) is 25.5 Å². The number of ether oxygens (including phenoxy) is 2. The maximum absolute atomic E-state index is 13.8. The van der Waals surface area contributed by atoms with Crippen molar-refractivity contribution in [2.75, 3.05) is 26.1 Å². The highest BCUT2D eigenvalue weighted by Gasteiger charge is 2.47. The first-order chi connectivity index (χ1) is 16.7. The van der Waals surface area contributed by atoms with Gasteiger partial charge < -0.3 is 19.7 Å². The molecular formula is C28H36N2O5. The fourth-order valence-corrected chi connectivity index (χ4v) is 5.65. The molecule has 0 unspecified atom stereocenters. The molecule has 1 saturated carbocycles. The monoisotopic (exact) mass is 480 g/mol. The van der Waals surface area contributed by atoms with Gasteiger partial charge in [0.2, 0.25) is 0 Å². The third-order valence-corrected chi connectivity index (χ3v) is 7.53. The Kier molecular flexibility index (Phi) is 7.33. The summed E-state index contributed by atoms with van der Waals surface area (Å²) in [5, 5.41) is 3.33. The first-order valence-corrected chi connectivity index (χ1v) is 12.5. The summed E-state index contributed by atoms with van der Waals surface area (Å²) in [5.41, 5.74) is 4.22. The molecule has 188 valence electrons. The quantitative estimate of drug-likeness (QED) is 0.498. The van der Waals surface area contributed by atoms with Crippen molar-refractivity contribution in [2.45, 2.75) is 64.4 Å². The van der Waals surface area contributed by atoms with E-state index in [2.05, 4.69) is 5.32 Å². The van der Waals surface area contributed by atoms with Crippen molar-refractivity contribution in [3.63, 3.8) is 0 Å². The van der Waals surface area contributed by atoms with E-state index >= 15 is 0 Å². The number of methoxy groups -OCH3 is 1. The van der Waals surface area contributed by atoms with E-state index < -0.39 is 23.8 Å². The Balaban J connectivity index is 1.78.